The van der Waals surface area contributed by atoms with Crippen molar-refractivity contribution < 1.29 is 0 Å². The van der Waals surface area contributed by atoms with Gasteiger partial charge in [0.1, 0.15) is 0 Å². The molecule has 0 aliphatic carbocycles. The van der Waals surface area contributed by atoms with Crippen molar-refractivity contribution in [3.8, 4) is 0 Å². The van der Waals surface area contributed by atoms with Gasteiger partial charge in [-0.05, 0) is 59.9 Å². The second-order valence-electron chi connectivity index (χ2n) is 6.02. The van der Waals surface area contributed by atoms with Crippen molar-refractivity contribution in [2.45, 2.75) is 20.8 Å². The van der Waals surface area contributed by atoms with Crippen LogP contribution in [0.5, 0.6) is 0 Å². The molecule has 0 bridgehead atoms. The zero-order valence-electron chi connectivity index (χ0n) is 14.0. The molecule has 0 spiro atoms. The molecule has 23 heavy (non-hydrogen) atoms. The normalized spacial score (nSPS) is 11.8. The molecule has 0 heterocycles. The fourth-order valence-corrected chi connectivity index (χ4v) is 2.92. The highest BCUT2D eigenvalue weighted by Crippen LogP contribution is 2.21. The lowest BCUT2D eigenvalue weighted by Gasteiger charge is -2.05. The summed E-state index contributed by atoms with van der Waals surface area (Å²) in [6.45, 7) is 6.35. The van der Waals surface area contributed by atoms with E-state index in [4.69, 9.17) is 0 Å². The average Bonchev–Trinajstić information content (AvgIpc) is 2.55. The number of benzene rings is 3. The second kappa shape index (κ2) is 6.66. The number of aryl methyl sites for hydroxylation is 2. The average molecular weight is 298 g/mol. The van der Waals surface area contributed by atoms with Gasteiger partial charge in [-0.1, -0.05) is 78.4 Å². The zero-order valence-corrected chi connectivity index (χ0v) is 14.0. The van der Waals surface area contributed by atoms with Crippen LogP contribution in [0.25, 0.3) is 29.0 Å². The molecule has 0 aromatic heterocycles. The maximum absolute atomic E-state index is 2.25. The Bertz CT molecular complexity index is 895. The Morgan fingerprint density at radius 3 is 2.35 bits per heavy atom. The maximum Gasteiger partial charge on any atom is -0.0158 e. The first-order valence-corrected chi connectivity index (χ1v) is 8.08. The predicted molar refractivity (Wildman–Crippen MR) is 104 cm³/mol. The Kier molecular flexibility index (Phi) is 4.43. The van der Waals surface area contributed by atoms with Gasteiger partial charge < -0.3 is 0 Å². The lowest BCUT2D eigenvalue weighted by molar-refractivity contribution is 1.43. The van der Waals surface area contributed by atoms with Crippen molar-refractivity contribution in [3.05, 3.63) is 88.5 Å². The molecule has 0 heteroatoms. The van der Waals surface area contributed by atoms with Gasteiger partial charge in [0.05, 0.1) is 0 Å². The first kappa shape index (κ1) is 15.3. The first-order valence-electron chi connectivity index (χ1n) is 8.08. The van der Waals surface area contributed by atoms with E-state index in [9.17, 15) is 0 Å². The van der Waals surface area contributed by atoms with Gasteiger partial charge in [0.15, 0.2) is 0 Å². The molecule has 0 saturated carbocycles. The Hall–Kier alpha value is -2.60. The van der Waals surface area contributed by atoms with E-state index in [1.165, 1.54) is 38.6 Å². The molecule has 0 amide bonds. The monoisotopic (exact) mass is 298 g/mol. The van der Waals surface area contributed by atoms with Crippen LogP contribution in [-0.4, -0.2) is 0 Å². The van der Waals surface area contributed by atoms with Crippen molar-refractivity contribution in [2.24, 2.45) is 0 Å². The number of allylic oxidation sites excluding steroid dienone is 1. The van der Waals surface area contributed by atoms with Crippen molar-refractivity contribution in [1.29, 1.82) is 0 Å². The predicted octanol–water partition coefficient (Wildman–Crippen LogP) is 6.66. The minimum Gasteiger partial charge on any atom is -0.0870 e. The first-order chi connectivity index (χ1) is 11.2. The summed E-state index contributed by atoms with van der Waals surface area (Å²) in [6.07, 6.45) is 8.68. The Balaban J connectivity index is 1.97. The summed E-state index contributed by atoms with van der Waals surface area (Å²) in [6, 6.07) is 19.7. The van der Waals surface area contributed by atoms with Gasteiger partial charge in [-0.25, -0.2) is 0 Å². The van der Waals surface area contributed by atoms with E-state index < -0.39 is 0 Å². The standard InChI is InChI=1S/C23H22/c1-4-6-23-18(3)7-5-8-20(23)13-10-19-11-14-21-15-17(2)9-12-22(21)16-19/h4-16H,1-3H3/b6-4-,13-10+. The van der Waals surface area contributed by atoms with Crippen molar-refractivity contribution in [1.82, 2.24) is 0 Å². The fraction of sp³-hybridized carbons (Fsp3) is 0.130. The van der Waals surface area contributed by atoms with Crippen molar-refractivity contribution in [2.75, 3.05) is 0 Å². The summed E-state index contributed by atoms with van der Waals surface area (Å²) >= 11 is 0. The summed E-state index contributed by atoms with van der Waals surface area (Å²) in [5, 5.41) is 2.59. The van der Waals surface area contributed by atoms with E-state index in [-0.39, 0.29) is 0 Å². The number of rotatable bonds is 3. The Morgan fingerprint density at radius 1 is 0.739 bits per heavy atom. The summed E-state index contributed by atoms with van der Waals surface area (Å²) in [7, 11) is 0. The molecule has 0 N–H and O–H groups in total. The van der Waals surface area contributed by atoms with Crippen molar-refractivity contribution in [3.63, 3.8) is 0 Å². The molecule has 0 saturated heterocycles. The van der Waals surface area contributed by atoms with Crippen LogP contribution in [0.2, 0.25) is 0 Å². The minimum absolute atomic E-state index is 1.23. The Labute approximate surface area is 138 Å². The lowest BCUT2D eigenvalue weighted by Crippen LogP contribution is -1.85. The molecule has 3 rings (SSSR count). The molecule has 0 fully saturated rings. The highest BCUT2D eigenvalue weighted by atomic mass is 14.0. The van der Waals surface area contributed by atoms with E-state index in [0.29, 0.717) is 0 Å². The Morgan fingerprint density at radius 2 is 1.52 bits per heavy atom. The molecule has 0 nitrogen and oxygen atoms in total. The SMILES string of the molecule is C/C=C\c1c(C)cccc1/C=C/c1ccc2cc(C)ccc2c1. The quantitative estimate of drug-likeness (QED) is 0.474. The summed E-state index contributed by atoms with van der Waals surface area (Å²) in [5.41, 5.74) is 6.39. The van der Waals surface area contributed by atoms with E-state index in [0.717, 1.165) is 0 Å². The van der Waals surface area contributed by atoms with Crippen LogP contribution >= 0.6 is 0 Å². The molecule has 0 unspecified atom stereocenters. The smallest absolute Gasteiger partial charge is 0.0158 e. The molecule has 3 aromatic rings. The number of hydrogen-bond donors (Lipinski definition) is 0. The largest absolute Gasteiger partial charge is 0.0870 e. The van der Waals surface area contributed by atoms with Gasteiger partial charge in [0.25, 0.3) is 0 Å². The molecular weight excluding hydrogens is 276 g/mol. The fourth-order valence-electron chi connectivity index (χ4n) is 2.92. The summed E-state index contributed by atoms with van der Waals surface area (Å²) in [5.74, 6) is 0. The number of fused-ring (bicyclic) bond motifs is 1. The van der Waals surface area contributed by atoms with Gasteiger partial charge in [-0.3, -0.25) is 0 Å². The van der Waals surface area contributed by atoms with Gasteiger partial charge in [-0.2, -0.15) is 0 Å². The zero-order chi connectivity index (χ0) is 16.2. The van der Waals surface area contributed by atoms with Gasteiger partial charge in [0.2, 0.25) is 0 Å². The second-order valence-corrected chi connectivity index (χ2v) is 6.02. The van der Waals surface area contributed by atoms with Crippen molar-refractivity contribution >= 4 is 29.0 Å². The maximum atomic E-state index is 2.25. The van der Waals surface area contributed by atoms with Crippen LogP contribution in [0.15, 0.2) is 60.7 Å². The van der Waals surface area contributed by atoms with Gasteiger partial charge in [-0.15, -0.1) is 0 Å². The molecule has 3 aromatic carbocycles. The van der Waals surface area contributed by atoms with E-state index >= 15 is 0 Å². The van der Waals surface area contributed by atoms with Crippen LogP contribution in [0.4, 0.5) is 0 Å². The summed E-state index contributed by atoms with van der Waals surface area (Å²) in [4.78, 5) is 0. The van der Waals surface area contributed by atoms with E-state index in [1.54, 1.807) is 0 Å². The molecule has 0 aliphatic rings. The topological polar surface area (TPSA) is 0 Å². The molecule has 0 aliphatic heterocycles. The van der Waals surface area contributed by atoms with E-state index in [2.05, 4.69) is 99.7 Å². The molecular formula is C23H22. The van der Waals surface area contributed by atoms with Gasteiger partial charge >= 0.3 is 0 Å². The third-order valence-electron chi connectivity index (χ3n) is 4.17. The molecule has 0 radical (unpaired) electrons. The van der Waals surface area contributed by atoms with Crippen LogP contribution < -0.4 is 0 Å². The third kappa shape index (κ3) is 3.43. The third-order valence-corrected chi connectivity index (χ3v) is 4.17. The van der Waals surface area contributed by atoms with Crippen LogP contribution in [0.1, 0.15) is 34.7 Å². The number of hydrogen-bond acceptors (Lipinski definition) is 0. The molecule has 0 atom stereocenters. The van der Waals surface area contributed by atoms with E-state index in [1.807, 2.05) is 0 Å². The highest BCUT2D eigenvalue weighted by Gasteiger charge is 2.00. The summed E-state index contributed by atoms with van der Waals surface area (Å²) < 4.78 is 0. The highest BCUT2D eigenvalue weighted by molar-refractivity contribution is 5.87. The van der Waals surface area contributed by atoms with Crippen LogP contribution in [-0.2, 0) is 0 Å². The lowest BCUT2D eigenvalue weighted by atomic mass is 9.99. The van der Waals surface area contributed by atoms with Gasteiger partial charge in [0, 0.05) is 0 Å². The van der Waals surface area contributed by atoms with Crippen LogP contribution in [0, 0.1) is 13.8 Å². The van der Waals surface area contributed by atoms with Crippen LogP contribution in [0.3, 0.4) is 0 Å². The minimum atomic E-state index is 1.23. The molecule has 114 valence electrons.